The number of amides is 1. The first-order chi connectivity index (χ1) is 15.8. The van der Waals surface area contributed by atoms with Crippen LogP contribution in [0.4, 0.5) is 5.69 Å². The molecule has 0 bridgehead atoms. The molecule has 1 unspecified atom stereocenters. The molecule has 0 saturated carbocycles. The lowest BCUT2D eigenvalue weighted by molar-refractivity contribution is -0.386. The van der Waals surface area contributed by atoms with E-state index in [0.29, 0.717) is 11.3 Å². The number of hydrogen-bond acceptors (Lipinski definition) is 9. The fraction of sp³-hybridized carbons (Fsp3) is 0.364. The molecule has 0 aliphatic heterocycles. The van der Waals surface area contributed by atoms with Gasteiger partial charge in [-0.3, -0.25) is 19.7 Å². The van der Waals surface area contributed by atoms with Crippen LogP contribution in [0.15, 0.2) is 30.3 Å². The van der Waals surface area contributed by atoms with Crippen LogP contribution in [-0.4, -0.2) is 51.8 Å². The van der Waals surface area contributed by atoms with Crippen LogP contribution in [0.25, 0.3) is 0 Å². The molecular formula is C22H26N2O9. The minimum atomic E-state index is -0.856. The van der Waals surface area contributed by atoms with E-state index in [-0.39, 0.29) is 35.8 Å². The van der Waals surface area contributed by atoms with E-state index in [1.165, 1.54) is 34.5 Å². The smallest absolute Gasteiger partial charge is 0.327 e. The zero-order chi connectivity index (χ0) is 24.5. The van der Waals surface area contributed by atoms with Gasteiger partial charge >= 0.3 is 11.7 Å². The van der Waals surface area contributed by atoms with Gasteiger partial charge < -0.3 is 29.0 Å². The average molecular weight is 462 g/mol. The van der Waals surface area contributed by atoms with Gasteiger partial charge in [-0.25, -0.2) is 0 Å². The van der Waals surface area contributed by atoms with Gasteiger partial charge in [0.2, 0.25) is 11.5 Å². The molecule has 1 amide bonds. The van der Waals surface area contributed by atoms with Crippen LogP contribution in [0.5, 0.6) is 23.0 Å². The molecule has 178 valence electrons. The van der Waals surface area contributed by atoms with Gasteiger partial charge in [-0.15, -0.1) is 0 Å². The maximum absolute atomic E-state index is 13.2. The number of esters is 1. The maximum Gasteiger partial charge on any atom is 0.327 e. The normalized spacial score (nSPS) is 11.2. The van der Waals surface area contributed by atoms with E-state index >= 15 is 0 Å². The SMILES string of the molecule is CCOC(=O)CC(NC(=O)c1cc(OC)c(OC)c(OC)c1[N+](=O)[O-])c1cccc(OC)c1. The average Bonchev–Trinajstić information content (AvgIpc) is 2.81. The number of nitrogens with one attached hydrogen (secondary N) is 1. The van der Waals surface area contributed by atoms with E-state index in [1.54, 1.807) is 31.2 Å². The summed E-state index contributed by atoms with van der Waals surface area (Å²) in [6.07, 6.45) is -0.203. The summed E-state index contributed by atoms with van der Waals surface area (Å²) in [5.41, 5.74) is -0.384. The van der Waals surface area contributed by atoms with Crippen LogP contribution in [0.2, 0.25) is 0 Å². The van der Waals surface area contributed by atoms with Crippen LogP contribution < -0.4 is 24.3 Å². The third-order valence-corrected chi connectivity index (χ3v) is 4.71. The van der Waals surface area contributed by atoms with Gasteiger partial charge in [-0.2, -0.15) is 0 Å². The highest BCUT2D eigenvalue weighted by Crippen LogP contribution is 2.46. The first-order valence-electron chi connectivity index (χ1n) is 9.88. The summed E-state index contributed by atoms with van der Waals surface area (Å²) in [7, 11) is 5.32. The van der Waals surface area contributed by atoms with Crippen LogP contribution >= 0.6 is 0 Å². The second-order valence-electron chi connectivity index (χ2n) is 6.61. The Morgan fingerprint density at radius 3 is 2.27 bits per heavy atom. The van der Waals surface area contributed by atoms with Crippen molar-refractivity contribution in [3.8, 4) is 23.0 Å². The zero-order valence-corrected chi connectivity index (χ0v) is 19.0. The van der Waals surface area contributed by atoms with Gasteiger partial charge in [0.1, 0.15) is 11.3 Å². The molecule has 0 aliphatic carbocycles. The fourth-order valence-electron chi connectivity index (χ4n) is 3.23. The summed E-state index contributed by atoms with van der Waals surface area (Å²) in [5, 5.41) is 14.5. The minimum absolute atomic E-state index is 0.0286. The molecule has 2 rings (SSSR count). The Hall–Kier alpha value is -4.02. The second kappa shape index (κ2) is 11.6. The number of nitro groups is 1. The van der Waals surface area contributed by atoms with Crippen molar-refractivity contribution in [2.75, 3.05) is 35.0 Å². The lowest BCUT2D eigenvalue weighted by atomic mass is 10.0. The van der Waals surface area contributed by atoms with E-state index in [9.17, 15) is 19.7 Å². The molecule has 0 spiro atoms. The number of nitro benzene ring substituents is 1. The molecule has 0 fully saturated rings. The fourth-order valence-corrected chi connectivity index (χ4v) is 3.23. The number of hydrogen-bond donors (Lipinski definition) is 1. The summed E-state index contributed by atoms with van der Waals surface area (Å²) < 4.78 is 25.8. The highest BCUT2D eigenvalue weighted by molar-refractivity contribution is 6.01. The number of benzene rings is 2. The summed E-state index contributed by atoms with van der Waals surface area (Å²) in [6, 6.07) is 7.06. The highest BCUT2D eigenvalue weighted by atomic mass is 16.6. The van der Waals surface area contributed by atoms with Crippen molar-refractivity contribution in [1.82, 2.24) is 5.32 Å². The van der Waals surface area contributed by atoms with Gasteiger partial charge in [-0.1, -0.05) is 12.1 Å². The summed E-state index contributed by atoms with van der Waals surface area (Å²) in [5.74, 6) is -1.10. The van der Waals surface area contributed by atoms with Crippen LogP contribution in [0.1, 0.15) is 35.3 Å². The van der Waals surface area contributed by atoms with Gasteiger partial charge in [0, 0.05) is 6.07 Å². The Labute approximate surface area is 190 Å². The highest BCUT2D eigenvalue weighted by Gasteiger charge is 2.33. The number of methoxy groups -OCH3 is 4. The molecule has 1 atom stereocenters. The lowest BCUT2D eigenvalue weighted by Crippen LogP contribution is -2.31. The molecule has 2 aromatic carbocycles. The predicted molar refractivity (Wildman–Crippen MR) is 117 cm³/mol. The summed E-state index contributed by atoms with van der Waals surface area (Å²) in [4.78, 5) is 36.5. The predicted octanol–water partition coefficient (Wildman–Crippen LogP) is 3.05. The number of rotatable bonds is 11. The molecule has 1 N–H and O–H groups in total. The molecule has 0 aromatic heterocycles. The molecule has 11 nitrogen and oxygen atoms in total. The molecule has 0 aliphatic rings. The number of carbonyl (C=O) groups excluding carboxylic acids is 2. The third-order valence-electron chi connectivity index (χ3n) is 4.71. The maximum atomic E-state index is 13.2. The standard InChI is InChI=1S/C22H26N2O9/c1-6-33-18(25)12-16(13-8-7-9-14(10-13)29-2)23-22(26)15-11-17(30-3)20(31-4)21(32-5)19(15)24(27)28/h7-11,16H,6,12H2,1-5H3,(H,23,26). The Morgan fingerprint density at radius 2 is 1.73 bits per heavy atom. The van der Waals surface area contributed by atoms with Crippen molar-refractivity contribution >= 4 is 17.6 Å². The third kappa shape index (κ3) is 5.82. The molecule has 0 heterocycles. The van der Waals surface area contributed by atoms with Crippen molar-refractivity contribution in [2.45, 2.75) is 19.4 Å². The van der Waals surface area contributed by atoms with E-state index in [0.717, 1.165) is 0 Å². The van der Waals surface area contributed by atoms with E-state index in [4.69, 9.17) is 23.7 Å². The summed E-state index contributed by atoms with van der Waals surface area (Å²) in [6.45, 7) is 1.83. The van der Waals surface area contributed by atoms with E-state index in [2.05, 4.69) is 5.32 Å². The molecule has 0 radical (unpaired) electrons. The largest absolute Gasteiger partial charge is 0.497 e. The van der Waals surface area contributed by atoms with Crippen LogP contribution in [0.3, 0.4) is 0 Å². The molecule has 33 heavy (non-hydrogen) atoms. The Kier molecular flexibility index (Phi) is 8.84. The Balaban J connectivity index is 2.56. The van der Waals surface area contributed by atoms with E-state index < -0.39 is 28.5 Å². The first-order valence-corrected chi connectivity index (χ1v) is 9.88. The number of ether oxygens (including phenoxy) is 5. The number of nitrogens with zero attached hydrogens (tertiary/aromatic N) is 1. The van der Waals surface area contributed by atoms with Crippen molar-refractivity contribution < 1.29 is 38.2 Å². The van der Waals surface area contributed by atoms with Gasteiger partial charge in [0.05, 0.1) is 52.4 Å². The van der Waals surface area contributed by atoms with Gasteiger partial charge in [-0.05, 0) is 24.6 Å². The second-order valence-corrected chi connectivity index (χ2v) is 6.61. The van der Waals surface area contributed by atoms with Crippen molar-refractivity contribution in [2.24, 2.45) is 0 Å². The molecule has 0 saturated heterocycles. The van der Waals surface area contributed by atoms with E-state index in [1.807, 2.05) is 0 Å². The van der Waals surface area contributed by atoms with Gasteiger partial charge in [0.15, 0.2) is 5.75 Å². The first kappa shape index (κ1) is 25.2. The zero-order valence-electron chi connectivity index (χ0n) is 19.0. The quantitative estimate of drug-likeness (QED) is 0.303. The summed E-state index contributed by atoms with van der Waals surface area (Å²) >= 11 is 0. The minimum Gasteiger partial charge on any atom is -0.497 e. The molecule has 11 heteroatoms. The monoisotopic (exact) mass is 462 g/mol. The van der Waals surface area contributed by atoms with Crippen LogP contribution in [0, 0.1) is 10.1 Å². The Bertz CT molecular complexity index is 1020. The van der Waals surface area contributed by atoms with Crippen molar-refractivity contribution in [3.63, 3.8) is 0 Å². The molecule has 2 aromatic rings. The van der Waals surface area contributed by atoms with Crippen LogP contribution in [-0.2, 0) is 9.53 Å². The Morgan fingerprint density at radius 1 is 1.03 bits per heavy atom. The number of carbonyl (C=O) groups is 2. The van der Waals surface area contributed by atoms with Gasteiger partial charge in [0.25, 0.3) is 5.91 Å². The topological polar surface area (TPSA) is 135 Å². The lowest BCUT2D eigenvalue weighted by Gasteiger charge is -2.20. The van der Waals surface area contributed by atoms with Crippen molar-refractivity contribution in [1.29, 1.82) is 0 Å². The van der Waals surface area contributed by atoms with Crippen molar-refractivity contribution in [3.05, 3.63) is 51.6 Å². The molecular weight excluding hydrogens is 436 g/mol.